The van der Waals surface area contributed by atoms with Gasteiger partial charge in [-0.05, 0) is 12.2 Å². The zero-order valence-electron chi connectivity index (χ0n) is 6.03. The number of nitrogens with two attached hydrogens (primary N) is 1. The highest BCUT2D eigenvalue weighted by Crippen LogP contribution is 2.04. The molecule has 0 radical (unpaired) electrons. The van der Waals surface area contributed by atoms with Crippen molar-refractivity contribution in [2.24, 2.45) is 5.84 Å². The maximum absolute atomic E-state index is 10.9. The summed E-state index contributed by atoms with van der Waals surface area (Å²) in [4.78, 5) is 32.4. The van der Waals surface area contributed by atoms with E-state index in [1.54, 1.807) is 5.43 Å². The van der Waals surface area contributed by atoms with Crippen molar-refractivity contribution in [3.63, 3.8) is 0 Å². The lowest BCUT2D eigenvalue weighted by atomic mass is 10.0. The fourth-order valence-electron chi connectivity index (χ4n) is 0.764. The first kappa shape index (κ1) is 8.35. The first-order chi connectivity index (χ1) is 5.65. The molecule has 0 spiro atoms. The molecule has 5 nitrogen and oxygen atoms in total. The summed E-state index contributed by atoms with van der Waals surface area (Å²) < 4.78 is 0. The number of hydrogen-bond acceptors (Lipinski definition) is 4. The molecule has 62 valence electrons. The molecule has 0 bridgehead atoms. The van der Waals surface area contributed by atoms with Crippen LogP contribution >= 0.6 is 0 Å². The average molecular weight is 166 g/mol. The van der Waals surface area contributed by atoms with E-state index in [4.69, 9.17) is 5.84 Å². The Kier molecular flexibility index (Phi) is 2.16. The second-order valence-corrected chi connectivity index (χ2v) is 2.13. The maximum Gasteiger partial charge on any atom is 0.269 e. The molecule has 0 aromatic carbocycles. The molecule has 0 aromatic heterocycles. The third-order valence-electron chi connectivity index (χ3n) is 1.33. The Labute approximate surface area is 67.9 Å². The minimum atomic E-state index is -0.752. The second kappa shape index (κ2) is 3.10. The average Bonchev–Trinajstić information content (AvgIpc) is 2.08. The van der Waals surface area contributed by atoms with Crippen molar-refractivity contribution in [1.29, 1.82) is 0 Å². The van der Waals surface area contributed by atoms with E-state index in [9.17, 15) is 14.4 Å². The summed E-state index contributed by atoms with van der Waals surface area (Å²) in [6.07, 6.45) is 3.08. The Balaban J connectivity index is 2.96. The van der Waals surface area contributed by atoms with Gasteiger partial charge in [-0.3, -0.25) is 19.8 Å². The highest BCUT2D eigenvalue weighted by molar-refractivity contribution is 6.29. The van der Waals surface area contributed by atoms with Crippen molar-refractivity contribution in [3.8, 4) is 0 Å². The topological polar surface area (TPSA) is 89.3 Å². The van der Waals surface area contributed by atoms with Crippen LogP contribution in [0.15, 0.2) is 23.8 Å². The zero-order chi connectivity index (χ0) is 9.14. The fraction of sp³-hybridized carbons (Fsp3) is 0. The van der Waals surface area contributed by atoms with Crippen LogP contribution in [-0.2, 0) is 14.4 Å². The van der Waals surface area contributed by atoms with Crippen LogP contribution in [0.5, 0.6) is 0 Å². The summed E-state index contributed by atoms with van der Waals surface area (Å²) in [5.41, 5.74) is 1.54. The fourth-order valence-corrected chi connectivity index (χ4v) is 0.764. The minimum Gasteiger partial charge on any atom is -0.290 e. The van der Waals surface area contributed by atoms with E-state index in [1.807, 2.05) is 0 Å². The normalized spacial score (nSPS) is 15.9. The molecule has 1 aliphatic rings. The largest absolute Gasteiger partial charge is 0.290 e. The van der Waals surface area contributed by atoms with Crippen molar-refractivity contribution in [2.45, 2.75) is 0 Å². The molecule has 1 amide bonds. The lowest BCUT2D eigenvalue weighted by molar-refractivity contribution is -0.122. The van der Waals surface area contributed by atoms with E-state index in [0.29, 0.717) is 0 Å². The van der Waals surface area contributed by atoms with Crippen molar-refractivity contribution in [2.75, 3.05) is 0 Å². The van der Waals surface area contributed by atoms with Crippen LogP contribution in [0.2, 0.25) is 0 Å². The van der Waals surface area contributed by atoms with E-state index in [-0.39, 0.29) is 5.57 Å². The number of nitrogens with one attached hydrogen (secondary N) is 1. The van der Waals surface area contributed by atoms with Gasteiger partial charge in [0.05, 0.1) is 5.57 Å². The first-order valence-corrected chi connectivity index (χ1v) is 3.14. The van der Waals surface area contributed by atoms with E-state index >= 15 is 0 Å². The lowest BCUT2D eigenvalue weighted by Crippen LogP contribution is -2.34. The molecule has 0 aromatic rings. The molecule has 3 N–H and O–H groups in total. The number of carbonyl (C=O) groups excluding carboxylic acids is 3. The Morgan fingerprint density at radius 3 is 2.58 bits per heavy atom. The molecular weight excluding hydrogens is 160 g/mol. The molecule has 0 fully saturated rings. The summed E-state index contributed by atoms with van der Waals surface area (Å²) in [5, 5.41) is 0. The summed E-state index contributed by atoms with van der Waals surface area (Å²) in [6, 6.07) is 0. The van der Waals surface area contributed by atoms with Gasteiger partial charge < -0.3 is 0 Å². The molecule has 0 saturated heterocycles. The summed E-state index contributed by atoms with van der Waals surface area (Å²) in [7, 11) is 0. The molecule has 1 rings (SSSR count). The number of hydrogen-bond donors (Lipinski definition) is 2. The monoisotopic (exact) mass is 166 g/mol. The zero-order valence-corrected chi connectivity index (χ0v) is 6.03. The van der Waals surface area contributed by atoms with Gasteiger partial charge in [-0.25, -0.2) is 5.84 Å². The Morgan fingerprint density at radius 1 is 1.33 bits per heavy atom. The Bertz CT molecular complexity index is 315. The molecule has 0 unspecified atom stereocenters. The smallest absolute Gasteiger partial charge is 0.269 e. The quantitative estimate of drug-likeness (QED) is 0.165. The summed E-state index contributed by atoms with van der Waals surface area (Å²) in [5.74, 6) is 3.12. The van der Waals surface area contributed by atoms with Crippen LogP contribution in [0.1, 0.15) is 0 Å². The van der Waals surface area contributed by atoms with Crippen LogP contribution in [0, 0.1) is 0 Å². The number of allylic oxidation sites excluding steroid dienone is 3. The highest BCUT2D eigenvalue weighted by atomic mass is 16.2. The predicted octanol–water partition coefficient (Wildman–Crippen LogP) is -1.39. The summed E-state index contributed by atoms with van der Waals surface area (Å²) in [6.45, 7) is 0. The highest BCUT2D eigenvalue weighted by Gasteiger charge is 2.19. The van der Waals surface area contributed by atoms with Gasteiger partial charge in [0.2, 0.25) is 0 Å². The van der Waals surface area contributed by atoms with E-state index in [0.717, 1.165) is 18.2 Å². The van der Waals surface area contributed by atoms with Crippen molar-refractivity contribution in [3.05, 3.63) is 23.8 Å². The van der Waals surface area contributed by atoms with Crippen molar-refractivity contribution >= 4 is 17.5 Å². The van der Waals surface area contributed by atoms with Crippen LogP contribution in [0.4, 0.5) is 0 Å². The van der Waals surface area contributed by atoms with Crippen LogP contribution < -0.4 is 11.3 Å². The molecule has 0 saturated carbocycles. The number of carbonyl (C=O) groups is 3. The van der Waals surface area contributed by atoms with E-state index < -0.39 is 17.5 Å². The molecule has 12 heavy (non-hydrogen) atoms. The molecule has 1 aliphatic carbocycles. The van der Waals surface area contributed by atoms with Crippen LogP contribution in [-0.4, -0.2) is 17.5 Å². The van der Waals surface area contributed by atoms with Gasteiger partial charge in [-0.2, -0.15) is 0 Å². The molecule has 0 atom stereocenters. The van der Waals surface area contributed by atoms with Crippen molar-refractivity contribution < 1.29 is 14.4 Å². The summed E-state index contributed by atoms with van der Waals surface area (Å²) >= 11 is 0. The van der Waals surface area contributed by atoms with Crippen molar-refractivity contribution in [1.82, 2.24) is 5.43 Å². The van der Waals surface area contributed by atoms with Gasteiger partial charge >= 0.3 is 0 Å². The van der Waals surface area contributed by atoms with Gasteiger partial charge in [0.1, 0.15) is 0 Å². The van der Waals surface area contributed by atoms with Crippen LogP contribution in [0.3, 0.4) is 0 Å². The number of hydrazine groups is 1. The molecule has 0 heterocycles. The third kappa shape index (κ3) is 1.46. The number of rotatable bonds is 1. The molecule has 5 heteroatoms. The number of ketones is 2. The van der Waals surface area contributed by atoms with Gasteiger partial charge in [-0.1, -0.05) is 0 Å². The minimum absolute atomic E-state index is 0.231. The first-order valence-electron chi connectivity index (χ1n) is 3.14. The van der Waals surface area contributed by atoms with Gasteiger partial charge in [-0.15, -0.1) is 0 Å². The van der Waals surface area contributed by atoms with E-state index in [2.05, 4.69) is 0 Å². The maximum atomic E-state index is 10.9. The predicted molar refractivity (Wildman–Crippen MR) is 39.6 cm³/mol. The Morgan fingerprint density at radius 2 is 2.00 bits per heavy atom. The van der Waals surface area contributed by atoms with E-state index in [1.165, 1.54) is 0 Å². The van der Waals surface area contributed by atoms with Gasteiger partial charge in [0, 0.05) is 6.08 Å². The Hall–Kier alpha value is -1.75. The van der Waals surface area contributed by atoms with Crippen LogP contribution in [0.25, 0.3) is 0 Å². The number of amides is 1. The standard InChI is InChI=1S/C7H6N2O3/c8-9-7(12)5-3-4(10)1-2-6(5)11/h1-3H,8H2,(H,9,12). The second-order valence-electron chi connectivity index (χ2n) is 2.13. The van der Waals surface area contributed by atoms with Gasteiger partial charge in [0.15, 0.2) is 11.6 Å². The third-order valence-corrected chi connectivity index (χ3v) is 1.33. The molecular formula is C7H6N2O3. The van der Waals surface area contributed by atoms with Gasteiger partial charge in [0.25, 0.3) is 5.91 Å². The molecule has 0 aliphatic heterocycles. The SMILES string of the molecule is NNC(=O)C1=CC(=O)C=CC1=O. The lowest BCUT2D eigenvalue weighted by Gasteiger charge is -2.03.